The Balaban J connectivity index is 2.46. The van der Waals surface area contributed by atoms with Crippen molar-refractivity contribution in [3.63, 3.8) is 0 Å². The van der Waals surface area contributed by atoms with E-state index in [1.165, 1.54) is 5.56 Å². The van der Waals surface area contributed by atoms with E-state index in [1.807, 2.05) is 24.3 Å². The first-order valence-corrected chi connectivity index (χ1v) is 5.49. The van der Waals surface area contributed by atoms with Crippen LogP contribution >= 0.6 is 11.6 Å². The van der Waals surface area contributed by atoms with Crippen LogP contribution in [0.4, 0.5) is 10.5 Å². The summed E-state index contributed by atoms with van der Waals surface area (Å²) < 4.78 is 0. The average molecular weight is 227 g/mol. The molecule has 0 radical (unpaired) electrons. The van der Waals surface area contributed by atoms with Gasteiger partial charge in [0.05, 0.1) is 0 Å². The molecule has 0 heterocycles. The molecule has 0 aromatic heterocycles. The molecular formula is C11H15ClN2O. The van der Waals surface area contributed by atoms with Crippen molar-refractivity contribution in [2.24, 2.45) is 0 Å². The fourth-order valence-electron chi connectivity index (χ4n) is 1.16. The number of benzene rings is 1. The predicted molar refractivity (Wildman–Crippen MR) is 63.6 cm³/mol. The van der Waals surface area contributed by atoms with Crippen LogP contribution in [-0.4, -0.2) is 18.5 Å². The van der Waals surface area contributed by atoms with Crippen molar-refractivity contribution in [3.05, 3.63) is 29.8 Å². The zero-order valence-electron chi connectivity index (χ0n) is 8.72. The van der Waals surface area contributed by atoms with Gasteiger partial charge in [-0.2, -0.15) is 0 Å². The minimum atomic E-state index is -0.222. The van der Waals surface area contributed by atoms with Crippen LogP contribution in [0.2, 0.25) is 0 Å². The van der Waals surface area contributed by atoms with Gasteiger partial charge < -0.3 is 10.6 Å². The smallest absolute Gasteiger partial charge is 0.319 e. The second kappa shape index (κ2) is 6.30. The third kappa shape index (κ3) is 4.21. The van der Waals surface area contributed by atoms with Gasteiger partial charge in [-0.05, 0) is 24.1 Å². The number of carbonyl (C=O) groups is 1. The lowest BCUT2D eigenvalue weighted by molar-refractivity contribution is 0.252. The standard InChI is InChI=1S/C11H15ClN2O/c1-2-9-3-5-10(6-4-9)14-11(15)13-8-7-12/h3-6H,2,7-8H2,1H3,(H2,13,14,15). The lowest BCUT2D eigenvalue weighted by atomic mass is 10.1. The van der Waals surface area contributed by atoms with E-state index < -0.39 is 0 Å². The largest absolute Gasteiger partial charge is 0.337 e. The van der Waals surface area contributed by atoms with E-state index in [4.69, 9.17) is 11.6 Å². The summed E-state index contributed by atoms with van der Waals surface area (Å²) in [6, 6.07) is 7.55. The number of nitrogens with one attached hydrogen (secondary N) is 2. The second-order valence-electron chi connectivity index (χ2n) is 3.12. The molecule has 0 fully saturated rings. The number of amides is 2. The molecule has 82 valence electrons. The van der Waals surface area contributed by atoms with Crippen LogP contribution in [0.1, 0.15) is 12.5 Å². The lowest BCUT2D eigenvalue weighted by Gasteiger charge is -2.06. The first-order chi connectivity index (χ1) is 7.26. The van der Waals surface area contributed by atoms with Crippen LogP contribution in [-0.2, 0) is 6.42 Å². The van der Waals surface area contributed by atoms with Crippen LogP contribution in [0.5, 0.6) is 0 Å². The maximum Gasteiger partial charge on any atom is 0.319 e. The molecule has 0 atom stereocenters. The van der Waals surface area contributed by atoms with E-state index in [-0.39, 0.29) is 6.03 Å². The van der Waals surface area contributed by atoms with Gasteiger partial charge in [-0.15, -0.1) is 11.6 Å². The van der Waals surface area contributed by atoms with Crippen LogP contribution in [0.3, 0.4) is 0 Å². The Kier molecular flexibility index (Phi) is 4.98. The minimum Gasteiger partial charge on any atom is -0.337 e. The molecule has 0 saturated heterocycles. The zero-order valence-corrected chi connectivity index (χ0v) is 9.47. The van der Waals surface area contributed by atoms with Gasteiger partial charge in [-0.3, -0.25) is 0 Å². The van der Waals surface area contributed by atoms with Gasteiger partial charge in [0, 0.05) is 18.1 Å². The van der Waals surface area contributed by atoms with Crippen LogP contribution in [0.15, 0.2) is 24.3 Å². The number of hydrogen-bond acceptors (Lipinski definition) is 1. The number of rotatable bonds is 4. The van der Waals surface area contributed by atoms with E-state index in [2.05, 4.69) is 17.6 Å². The first kappa shape index (κ1) is 11.9. The average Bonchev–Trinajstić information content (AvgIpc) is 2.27. The maximum absolute atomic E-state index is 11.2. The molecule has 0 unspecified atom stereocenters. The van der Waals surface area contributed by atoms with Crippen molar-refractivity contribution < 1.29 is 4.79 Å². The maximum atomic E-state index is 11.2. The van der Waals surface area contributed by atoms with E-state index in [1.54, 1.807) is 0 Å². The van der Waals surface area contributed by atoms with Gasteiger partial charge in [-0.25, -0.2) is 4.79 Å². The highest BCUT2D eigenvalue weighted by molar-refractivity contribution is 6.18. The van der Waals surface area contributed by atoms with E-state index in [0.29, 0.717) is 12.4 Å². The number of hydrogen-bond donors (Lipinski definition) is 2. The number of carbonyl (C=O) groups excluding carboxylic acids is 1. The topological polar surface area (TPSA) is 41.1 Å². The van der Waals surface area contributed by atoms with Crippen molar-refractivity contribution in [3.8, 4) is 0 Å². The highest BCUT2D eigenvalue weighted by Gasteiger charge is 1.99. The monoisotopic (exact) mass is 226 g/mol. The van der Waals surface area contributed by atoms with Crippen molar-refractivity contribution in [2.75, 3.05) is 17.7 Å². The predicted octanol–water partition coefficient (Wildman–Crippen LogP) is 2.61. The van der Waals surface area contributed by atoms with Crippen LogP contribution in [0.25, 0.3) is 0 Å². The van der Waals surface area contributed by atoms with Crippen molar-refractivity contribution in [1.29, 1.82) is 0 Å². The van der Waals surface area contributed by atoms with Crippen molar-refractivity contribution >= 4 is 23.3 Å². The lowest BCUT2D eigenvalue weighted by Crippen LogP contribution is -2.30. The Morgan fingerprint density at radius 1 is 1.33 bits per heavy atom. The van der Waals surface area contributed by atoms with Gasteiger partial charge in [0.1, 0.15) is 0 Å². The molecule has 15 heavy (non-hydrogen) atoms. The van der Waals surface area contributed by atoms with E-state index >= 15 is 0 Å². The summed E-state index contributed by atoms with van der Waals surface area (Å²) in [4.78, 5) is 11.2. The Morgan fingerprint density at radius 3 is 2.53 bits per heavy atom. The first-order valence-electron chi connectivity index (χ1n) is 4.96. The molecule has 0 bridgehead atoms. The highest BCUT2D eigenvalue weighted by atomic mass is 35.5. The number of anilines is 1. The molecule has 0 aliphatic carbocycles. The van der Waals surface area contributed by atoms with Gasteiger partial charge in [-0.1, -0.05) is 19.1 Å². The highest BCUT2D eigenvalue weighted by Crippen LogP contribution is 2.09. The summed E-state index contributed by atoms with van der Waals surface area (Å²) >= 11 is 5.45. The van der Waals surface area contributed by atoms with Gasteiger partial charge in [0.25, 0.3) is 0 Å². The van der Waals surface area contributed by atoms with Crippen molar-refractivity contribution in [1.82, 2.24) is 5.32 Å². The third-order valence-corrected chi connectivity index (χ3v) is 2.19. The molecule has 2 amide bonds. The molecular weight excluding hydrogens is 212 g/mol. The van der Waals surface area contributed by atoms with Gasteiger partial charge in [0.2, 0.25) is 0 Å². The zero-order chi connectivity index (χ0) is 11.1. The molecule has 2 N–H and O–H groups in total. The number of halogens is 1. The number of aryl methyl sites for hydroxylation is 1. The molecule has 0 aliphatic heterocycles. The fraction of sp³-hybridized carbons (Fsp3) is 0.364. The summed E-state index contributed by atoms with van der Waals surface area (Å²) in [5.41, 5.74) is 2.04. The Hall–Kier alpha value is -1.22. The quantitative estimate of drug-likeness (QED) is 0.762. The number of urea groups is 1. The van der Waals surface area contributed by atoms with E-state index in [0.717, 1.165) is 12.1 Å². The Bertz CT molecular complexity index is 311. The van der Waals surface area contributed by atoms with Crippen LogP contribution < -0.4 is 10.6 Å². The molecule has 0 saturated carbocycles. The Morgan fingerprint density at radius 2 is 2.00 bits per heavy atom. The summed E-state index contributed by atoms with van der Waals surface area (Å²) in [6.07, 6.45) is 0.999. The van der Waals surface area contributed by atoms with Crippen LogP contribution in [0, 0.1) is 0 Å². The summed E-state index contributed by atoms with van der Waals surface area (Å²) in [6.45, 7) is 2.57. The van der Waals surface area contributed by atoms with Gasteiger partial charge >= 0.3 is 6.03 Å². The normalized spacial score (nSPS) is 9.73. The van der Waals surface area contributed by atoms with Crippen molar-refractivity contribution in [2.45, 2.75) is 13.3 Å². The molecule has 1 rings (SSSR count). The fourth-order valence-corrected chi connectivity index (χ4v) is 1.25. The minimum absolute atomic E-state index is 0.222. The molecule has 0 aliphatic rings. The SMILES string of the molecule is CCc1ccc(NC(=O)NCCCl)cc1. The third-order valence-electron chi connectivity index (χ3n) is 2.00. The molecule has 1 aromatic carbocycles. The summed E-state index contributed by atoms with van der Waals surface area (Å²) in [5.74, 6) is 0.419. The number of alkyl halides is 1. The summed E-state index contributed by atoms with van der Waals surface area (Å²) in [7, 11) is 0. The molecule has 1 aromatic rings. The van der Waals surface area contributed by atoms with E-state index in [9.17, 15) is 4.79 Å². The van der Waals surface area contributed by atoms with Gasteiger partial charge in [0.15, 0.2) is 0 Å². The summed E-state index contributed by atoms with van der Waals surface area (Å²) in [5, 5.41) is 5.35. The Labute approximate surface area is 94.8 Å². The molecule has 3 nitrogen and oxygen atoms in total. The molecule has 4 heteroatoms. The second-order valence-corrected chi connectivity index (χ2v) is 3.50. The molecule has 0 spiro atoms.